The molecule has 0 spiro atoms. The molecule has 0 N–H and O–H groups in total. The molecule has 2 aliphatic heterocycles. The lowest BCUT2D eigenvalue weighted by molar-refractivity contribution is 0.175. The van der Waals surface area contributed by atoms with E-state index in [0.717, 1.165) is 12.1 Å². The van der Waals surface area contributed by atoms with Gasteiger partial charge >= 0.3 is 0 Å². The van der Waals surface area contributed by atoms with Crippen molar-refractivity contribution in [2.24, 2.45) is 0 Å². The Morgan fingerprint density at radius 3 is 1.86 bits per heavy atom. The lowest BCUT2D eigenvalue weighted by Gasteiger charge is -2.40. The van der Waals surface area contributed by atoms with Crippen LogP contribution in [0.1, 0.15) is 25.7 Å². The molecule has 2 atom stereocenters. The maximum Gasteiger partial charge on any atom is 0.0264 e. The van der Waals surface area contributed by atoms with Crippen LogP contribution in [-0.4, -0.2) is 12.1 Å². The Labute approximate surface area is 44.1 Å². The van der Waals surface area contributed by atoms with E-state index in [1.165, 1.54) is 25.7 Å². The number of nitrogens with zero attached hydrogens (tertiary/aromatic N) is 1. The summed E-state index contributed by atoms with van der Waals surface area (Å²) >= 11 is 0. The van der Waals surface area contributed by atoms with Crippen LogP contribution in [0.3, 0.4) is 0 Å². The normalized spacial score (nSPS) is 48.0. The van der Waals surface area contributed by atoms with Crippen LogP contribution in [-0.2, 0) is 0 Å². The van der Waals surface area contributed by atoms with E-state index in [1.54, 1.807) is 0 Å². The van der Waals surface area contributed by atoms with Gasteiger partial charge in [0, 0.05) is 12.1 Å². The van der Waals surface area contributed by atoms with Gasteiger partial charge in [0.1, 0.15) is 0 Å². The molecule has 1 nitrogen and oxygen atoms in total. The van der Waals surface area contributed by atoms with Crippen molar-refractivity contribution >= 4 is 0 Å². The highest BCUT2D eigenvalue weighted by molar-refractivity contribution is 4.92. The van der Waals surface area contributed by atoms with Gasteiger partial charge in [-0.05, 0) is 19.3 Å². The van der Waals surface area contributed by atoms with Gasteiger partial charge in [0.05, 0.1) is 0 Å². The van der Waals surface area contributed by atoms with Crippen molar-refractivity contribution in [1.29, 1.82) is 0 Å². The molecular weight excluding hydrogens is 86.1 g/mol. The lowest BCUT2D eigenvalue weighted by atomic mass is 9.83. The Morgan fingerprint density at radius 2 is 1.71 bits per heavy atom. The summed E-state index contributed by atoms with van der Waals surface area (Å²) in [6, 6.07) is 1.61. The summed E-state index contributed by atoms with van der Waals surface area (Å²) in [6.45, 7) is 0. The predicted molar refractivity (Wildman–Crippen MR) is 28.2 cm³/mol. The first kappa shape index (κ1) is 3.90. The molecule has 1 radical (unpaired) electrons. The Bertz CT molecular complexity index is 60.7. The molecule has 0 aromatic heterocycles. The van der Waals surface area contributed by atoms with E-state index in [1.807, 2.05) is 0 Å². The first-order chi connectivity index (χ1) is 3.45. The van der Waals surface area contributed by atoms with Crippen LogP contribution in [0, 0.1) is 0 Å². The summed E-state index contributed by atoms with van der Waals surface area (Å²) in [5.74, 6) is 0. The smallest absolute Gasteiger partial charge is 0.0264 e. The van der Waals surface area contributed by atoms with E-state index < -0.39 is 0 Å². The molecule has 0 aromatic rings. The number of rotatable bonds is 0. The van der Waals surface area contributed by atoms with E-state index in [-0.39, 0.29) is 0 Å². The van der Waals surface area contributed by atoms with Crippen molar-refractivity contribution in [1.82, 2.24) is 5.32 Å². The van der Waals surface area contributed by atoms with E-state index in [4.69, 9.17) is 0 Å². The quantitative estimate of drug-likeness (QED) is 0.425. The SMILES string of the molecule is C1CC2CC(C1)[N]2. The number of piperidine rings is 1. The third kappa shape index (κ3) is 0.480. The molecule has 39 valence electrons. The zero-order valence-corrected chi connectivity index (χ0v) is 4.43. The molecule has 2 saturated heterocycles. The summed E-state index contributed by atoms with van der Waals surface area (Å²) in [7, 11) is 0. The van der Waals surface area contributed by atoms with Crippen LogP contribution in [0.5, 0.6) is 0 Å². The van der Waals surface area contributed by atoms with Crippen LogP contribution in [0.15, 0.2) is 0 Å². The zero-order chi connectivity index (χ0) is 4.69. The summed E-state index contributed by atoms with van der Waals surface area (Å²) in [5.41, 5.74) is 0. The van der Waals surface area contributed by atoms with Gasteiger partial charge in [-0.1, -0.05) is 6.42 Å². The standard InChI is InChI=1S/C6H10N/c1-2-5-4-6(3-1)7-5/h5-6H,1-4H2. The fourth-order valence-electron chi connectivity index (χ4n) is 1.57. The highest BCUT2D eigenvalue weighted by Crippen LogP contribution is 2.29. The maximum absolute atomic E-state index is 4.43. The minimum atomic E-state index is 0.804. The Morgan fingerprint density at radius 1 is 1.14 bits per heavy atom. The van der Waals surface area contributed by atoms with Gasteiger partial charge in [0.25, 0.3) is 0 Å². The molecule has 2 unspecified atom stereocenters. The second-order valence-electron chi connectivity index (χ2n) is 2.62. The third-order valence-corrected chi connectivity index (χ3v) is 2.04. The first-order valence-corrected chi connectivity index (χ1v) is 3.15. The van der Waals surface area contributed by atoms with Gasteiger partial charge in [0.2, 0.25) is 0 Å². The van der Waals surface area contributed by atoms with Crippen LogP contribution in [0.4, 0.5) is 0 Å². The lowest BCUT2D eigenvalue weighted by Crippen LogP contribution is -2.49. The minimum absolute atomic E-state index is 0.804. The van der Waals surface area contributed by atoms with Crippen LogP contribution >= 0.6 is 0 Å². The Hall–Kier alpha value is -0.0400. The van der Waals surface area contributed by atoms with Crippen molar-refractivity contribution in [3.05, 3.63) is 0 Å². The topological polar surface area (TPSA) is 14.1 Å². The largest absolute Gasteiger partial charge is 0.235 e. The molecule has 7 heavy (non-hydrogen) atoms. The summed E-state index contributed by atoms with van der Waals surface area (Å²) in [5, 5.41) is 4.43. The molecule has 0 amide bonds. The monoisotopic (exact) mass is 96.1 g/mol. The maximum atomic E-state index is 4.43. The summed E-state index contributed by atoms with van der Waals surface area (Å²) < 4.78 is 0. The Balaban J connectivity index is 1.99. The molecule has 1 saturated carbocycles. The van der Waals surface area contributed by atoms with Crippen LogP contribution < -0.4 is 5.32 Å². The Kier molecular flexibility index (Phi) is 0.680. The third-order valence-electron chi connectivity index (χ3n) is 2.04. The van der Waals surface area contributed by atoms with Gasteiger partial charge in [-0.3, -0.25) is 0 Å². The second-order valence-corrected chi connectivity index (χ2v) is 2.62. The number of hydrogen-bond donors (Lipinski definition) is 0. The van der Waals surface area contributed by atoms with E-state index in [2.05, 4.69) is 5.32 Å². The van der Waals surface area contributed by atoms with Crippen molar-refractivity contribution in [2.75, 3.05) is 0 Å². The van der Waals surface area contributed by atoms with Crippen LogP contribution in [0.25, 0.3) is 0 Å². The van der Waals surface area contributed by atoms with E-state index >= 15 is 0 Å². The molecule has 3 aliphatic rings. The fourth-order valence-corrected chi connectivity index (χ4v) is 1.57. The molecule has 2 bridgehead atoms. The summed E-state index contributed by atoms with van der Waals surface area (Å²) in [4.78, 5) is 0. The predicted octanol–water partition coefficient (Wildman–Crippen LogP) is 0.916. The number of hydrogen-bond acceptors (Lipinski definition) is 0. The van der Waals surface area contributed by atoms with Crippen molar-refractivity contribution < 1.29 is 0 Å². The van der Waals surface area contributed by atoms with Gasteiger partial charge in [-0.15, -0.1) is 0 Å². The molecule has 1 aliphatic carbocycles. The summed E-state index contributed by atoms with van der Waals surface area (Å²) in [6.07, 6.45) is 5.63. The molecule has 3 fully saturated rings. The van der Waals surface area contributed by atoms with Crippen molar-refractivity contribution in [2.45, 2.75) is 37.8 Å². The molecular formula is C6H10N. The van der Waals surface area contributed by atoms with Gasteiger partial charge in [-0.2, -0.15) is 0 Å². The molecule has 3 rings (SSSR count). The van der Waals surface area contributed by atoms with Gasteiger partial charge in [0.15, 0.2) is 0 Å². The minimum Gasteiger partial charge on any atom is -0.235 e. The zero-order valence-electron chi connectivity index (χ0n) is 4.43. The average molecular weight is 96.2 g/mol. The molecule has 2 heterocycles. The van der Waals surface area contributed by atoms with Gasteiger partial charge in [-0.25, -0.2) is 5.32 Å². The first-order valence-electron chi connectivity index (χ1n) is 3.15. The van der Waals surface area contributed by atoms with Crippen LogP contribution in [0.2, 0.25) is 0 Å². The van der Waals surface area contributed by atoms with Gasteiger partial charge < -0.3 is 0 Å². The molecule has 0 aromatic carbocycles. The molecule has 1 heteroatoms. The highest BCUT2D eigenvalue weighted by atomic mass is 15.0. The second kappa shape index (κ2) is 1.22. The average Bonchev–Trinajstić information content (AvgIpc) is 1.67. The fraction of sp³-hybridized carbons (Fsp3) is 1.00. The highest BCUT2D eigenvalue weighted by Gasteiger charge is 2.33. The van der Waals surface area contributed by atoms with Crippen molar-refractivity contribution in [3.8, 4) is 0 Å². The van der Waals surface area contributed by atoms with E-state index in [9.17, 15) is 0 Å². The van der Waals surface area contributed by atoms with Crippen molar-refractivity contribution in [3.63, 3.8) is 0 Å². The van der Waals surface area contributed by atoms with E-state index in [0.29, 0.717) is 0 Å². The number of fused-ring (bicyclic) bond motifs is 2.